The van der Waals surface area contributed by atoms with E-state index >= 15 is 0 Å². The number of ether oxygens (including phenoxy) is 1. The molecule has 1 fully saturated rings. The smallest absolute Gasteiger partial charge is 0.160 e. The average molecular weight is 274 g/mol. The van der Waals surface area contributed by atoms with Crippen LogP contribution in [0.4, 0.5) is 0 Å². The molecular weight excluding hydrogens is 252 g/mol. The lowest BCUT2D eigenvalue weighted by atomic mass is 10.1. The first-order valence-corrected chi connectivity index (χ1v) is 7.40. The zero-order valence-corrected chi connectivity index (χ0v) is 12.2. The number of imidazole rings is 1. The van der Waals surface area contributed by atoms with Gasteiger partial charge in [0, 0.05) is 24.7 Å². The third kappa shape index (κ3) is 2.93. The molecule has 2 aromatic rings. The van der Waals surface area contributed by atoms with Crippen LogP contribution >= 0.6 is 0 Å². The predicted molar refractivity (Wildman–Crippen MR) is 77.3 cm³/mol. The van der Waals surface area contributed by atoms with E-state index in [2.05, 4.69) is 39.7 Å². The van der Waals surface area contributed by atoms with Gasteiger partial charge in [-0.3, -0.25) is 5.10 Å². The maximum Gasteiger partial charge on any atom is 0.160 e. The van der Waals surface area contributed by atoms with E-state index in [-0.39, 0.29) is 0 Å². The molecular formula is C15H22N4O. The van der Waals surface area contributed by atoms with Gasteiger partial charge in [-0.1, -0.05) is 13.8 Å². The molecule has 3 rings (SSSR count). The zero-order chi connectivity index (χ0) is 13.9. The summed E-state index contributed by atoms with van der Waals surface area (Å²) in [6.07, 6.45) is 7.47. The first-order valence-electron chi connectivity index (χ1n) is 7.40. The summed E-state index contributed by atoms with van der Waals surface area (Å²) in [6, 6.07) is 2.11. The monoisotopic (exact) mass is 274 g/mol. The number of hydrogen-bond donors (Lipinski definition) is 1. The van der Waals surface area contributed by atoms with Crippen LogP contribution in [0.15, 0.2) is 18.5 Å². The summed E-state index contributed by atoms with van der Waals surface area (Å²) < 4.78 is 7.84. The van der Waals surface area contributed by atoms with Gasteiger partial charge in [0.15, 0.2) is 5.82 Å². The van der Waals surface area contributed by atoms with Crippen molar-refractivity contribution in [2.75, 3.05) is 6.61 Å². The van der Waals surface area contributed by atoms with Crippen LogP contribution in [0, 0.1) is 5.92 Å². The molecule has 108 valence electrons. The molecule has 1 aliphatic rings. The Morgan fingerprint density at radius 2 is 2.40 bits per heavy atom. The van der Waals surface area contributed by atoms with E-state index in [1.54, 1.807) is 0 Å². The van der Waals surface area contributed by atoms with E-state index in [1.807, 2.05) is 12.4 Å². The highest BCUT2D eigenvalue weighted by molar-refractivity contribution is 5.50. The molecule has 0 amide bonds. The number of aromatic amines is 1. The maximum absolute atomic E-state index is 5.70. The van der Waals surface area contributed by atoms with Gasteiger partial charge in [0.05, 0.1) is 12.6 Å². The fourth-order valence-corrected chi connectivity index (χ4v) is 2.72. The van der Waals surface area contributed by atoms with Gasteiger partial charge in [-0.25, -0.2) is 4.98 Å². The molecule has 5 nitrogen and oxygen atoms in total. The molecule has 2 aromatic heterocycles. The molecule has 20 heavy (non-hydrogen) atoms. The van der Waals surface area contributed by atoms with Crippen molar-refractivity contribution in [3.63, 3.8) is 0 Å². The van der Waals surface area contributed by atoms with Gasteiger partial charge in [0.2, 0.25) is 0 Å². The third-order valence-electron chi connectivity index (χ3n) is 3.63. The van der Waals surface area contributed by atoms with Crippen molar-refractivity contribution >= 4 is 0 Å². The minimum absolute atomic E-state index is 0.317. The van der Waals surface area contributed by atoms with Crippen molar-refractivity contribution in [2.24, 2.45) is 5.92 Å². The minimum atomic E-state index is 0.317. The lowest BCUT2D eigenvalue weighted by Gasteiger charge is -2.11. The minimum Gasteiger partial charge on any atom is -0.376 e. The molecule has 0 aromatic carbocycles. The fourth-order valence-electron chi connectivity index (χ4n) is 2.72. The number of nitrogens with zero attached hydrogens (tertiary/aromatic N) is 3. The van der Waals surface area contributed by atoms with Gasteiger partial charge in [-0.2, -0.15) is 5.10 Å². The van der Waals surface area contributed by atoms with Crippen molar-refractivity contribution in [2.45, 2.75) is 45.8 Å². The van der Waals surface area contributed by atoms with Crippen molar-refractivity contribution < 1.29 is 4.74 Å². The van der Waals surface area contributed by atoms with Gasteiger partial charge < -0.3 is 9.30 Å². The van der Waals surface area contributed by atoms with Crippen LogP contribution in [0.1, 0.15) is 32.4 Å². The lowest BCUT2D eigenvalue weighted by molar-refractivity contribution is 0.0973. The summed E-state index contributed by atoms with van der Waals surface area (Å²) in [5.74, 6) is 1.54. The van der Waals surface area contributed by atoms with Crippen LogP contribution in [0.5, 0.6) is 0 Å². The van der Waals surface area contributed by atoms with Gasteiger partial charge in [0.25, 0.3) is 0 Å². The maximum atomic E-state index is 5.70. The zero-order valence-electron chi connectivity index (χ0n) is 12.2. The SMILES string of the molecule is CC(C)Cc1cc(-c2nccn2C[C@@H]2CCCO2)n[nH]1. The van der Waals surface area contributed by atoms with Crippen molar-refractivity contribution in [3.8, 4) is 11.5 Å². The second-order valence-electron chi connectivity index (χ2n) is 5.91. The standard InChI is InChI=1S/C15H22N4O/c1-11(2)8-12-9-14(18-17-12)15-16-5-6-19(15)10-13-4-3-7-20-13/h5-6,9,11,13H,3-4,7-8,10H2,1-2H3,(H,17,18)/t13-/m0/s1. The summed E-state index contributed by atoms with van der Waals surface area (Å²) >= 11 is 0. The van der Waals surface area contributed by atoms with Gasteiger partial charge in [-0.15, -0.1) is 0 Å². The Bertz CT molecular complexity index is 552. The first kappa shape index (κ1) is 13.4. The highest BCUT2D eigenvalue weighted by Crippen LogP contribution is 2.20. The van der Waals surface area contributed by atoms with Crippen molar-refractivity contribution in [1.82, 2.24) is 19.7 Å². The second-order valence-corrected chi connectivity index (χ2v) is 5.91. The highest BCUT2D eigenvalue weighted by Gasteiger charge is 2.18. The van der Waals surface area contributed by atoms with Crippen LogP contribution in [0.25, 0.3) is 11.5 Å². The fraction of sp³-hybridized carbons (Fsp3) is 0.600. The number of nitrogens with one attached hydrogen (secondary N) is 1. The summed E-state index contributed by atoms with van der Waals surface area (Å²) in [6.45, 7) is 6.16. The summed E-state index contributed by atoms with van der Waals surface area (Å²) in [7, 11) is 0. The van der Waals surface area contributed by atoms with Crippen LogP contribution in [0.2, 0.25) is 0 Å². The summed E-state index contributed by atoms with van der Waals surface area (Å²) in [5.41, 5.74) is 2.09. The van der Waals surface area contributed by atoms with Crippen LogP contribution in [0.3, 0.4) is 0 Å². The number of rotatable bonds is 5. The Morgan fingerprint density at radius 1 is 1.50 bits per heavy atom. The quantitative estimate of drug-likeness (QED) is 0.912. The molecule has 3 heterocycles. The second kappa shape index (κ2) is 5.79. The highest BCUT2D eigenvalue weighted by atomic mass is 16.5. The largest absolute Gasteiger partial charge is 0.376 e. The summed E-state index contributed by atoms with van der Waals surface area (Å²) in [5, 5.41) is 7.51. The van der Waals surface area contributed by atoms with Crippen molar-refractivity contribution in [1.29, 1.82) is 0 Å². The first-order chi connectivity index (χ1) is 9.72. The van der Waals surface area contributed by atoms with Gasteiger partial charge in [-0.05, 0) is 31.2 Å². The normalized spacial score (nSPS) is 19.1. The van der Waals surface area contributed by atoms with Gasteiger partial charge in [0.1, 0.15) is 5.69 Å². The molecule has 5 heteroatoms. The van der Waals surface area contributed by atoms with E-state index in [0.29, 0.717) is 12.0 Å². The molecule has 0 saturated carbocycles. The molecule has 1 atom stereocenters. The molecule has 0 radical (unpaired) electrons. The third-order valence-corrected chi connectivity index (χ3v) is 3.63. The topological polar surface area (TPSA) is 55.7 Å². The Morgan fingerprint density at radius 3 is 3.15 bits per heavy atom. The Hall–Kier alpha value is -1.62. The number of hydrogen-bond acceptors (Lipinski definition) is 3. The van der Waals surface area contributed by atoms with E-state index in [9.17, 15) is 0 Å². The predicted octanol–water partition coefficient (Wildman–Crippen LogP) is 2.65. The van der Waals surface area contributed by atoms with E-state index < -0.39 is 0 Å². The Balaban J connectivity index is 1.76. The lowest BCUT2D eigenvalue weighted by Crippen LogP contribution is -2.15. The Labute approximate surface area is 119 Å². The number of H-pyrrole nitrogens is 1. The molecule has 0 aliphatic carbocycles. The van der Waals surface area contributed by atoms with E-state index in [0.717, 1.165) is 43.9 Å². The molecule has 1 aliphatic heterocycles. The number of aromatic nitrogens is 4. The van der Waals surface area contributed by atoms with Gasteiger partial charge >= 0.3 is 0 Å². The summed E-state index contributed by atoms with van der Waals surface area (Å²) in [4.78, 5) is 4.45. The molecule has 1 saturated heterocycles. The molecule has 0 bridgehead atoms. The molecule has 0 spiro atoms. The van der Waals surface area contributed by atoms with E-state index in [4.69, 9.17) is 4.74 Å². The molecule has 0 unspecified atom stereocenters. The van der Waals surface area contributed by atoms with Crippen molar-refractivity contribution in [3.05, 3.63) is 24.2 Å². The Kier molecular flexibility index (Phi) is 3.87. The van der Waals surface area contributed by atoms with Crippen LogP contribution in [-0.4, -0.2) is 32.5 Å². The molecule has 1 N–H and O–H groups in total. The van der Waals surface area contributed by atoms with E-state index in [1.165, 1.54) is 5.69 Å². The van der Waals surface area contributed by atoms with Crippen LogP contribution < -0.4 is 0 Å². The average Bonchev–Trinajstić information content (AvgIpc) is 3.10. The van der Waals surface area contributed by atoms with Crippen LogP contribution in [-0.2, 0) is 17.7 Å².